The molecule has 3 aromatic rings. The number of nitro benzene ring substituents is 1. The number of phenols is 1. The van der Waals surface area contributed by atoms with Crippen molar-refractivity contribution in [3.05, 3.63) is 82.0 Å². The van der Waals surface area contributed by atoms with Gasteiger partial charge in [0.25, 0.3) is 5.69 Å². The lowest BCUT2D eigenvalue weighted by Crippen LogP contribution is -2.27. The highest BCUT2D eigenvalue weighted by Gasteiger charge is 2.24. The topological polar surface area (TPSA) is 105 Å². The van der Waals surface area contributed by atoms with Crippen LogP contribution in [-0.4, -0.2) is 20.9 Å². The van der Waals surface area contributed by atoms with Crippen LogP contribution in [0.3, 0.4) is 0 Å². The minimum Gasteiger partial charge on any atom is -0.505 e. The van der Waals surface area contributed by atoms with Gasteiger partial charge in [-0.3, -0.25) is 19.9 Å². The van der Waals surface area contributed by atoms with Gasteiger partial charge in [0.2, 0.25) is 5.91 Å². The molecule has 0 saturated carbocycles. The standard InChI is InChI=1S/C23H23N3O4/c1-2-3-11-21(27)25-19(13-12-16-8-5-4-6-9-16)18-15-20(26(29)30)17-10-7-14-24-22(17)23(18)28/h4-10,12-15,19,28H,2-3,11H2,1H3,(H,25,27)/b13-12+. The number of amides is 1. The van der Waals surface area contributed by atoms with E-state index in [9.17, 15) is 20.0 Å². The number of phenolic OH excluding ortho intramolecular Hbond substituents is 1. The molecule has 0 radical (unpaired) electrons. The Morgan fingerprint density at radius 2 is 2.03 bits per heavy atom. The third-order valence-electron chi connectivity index (χ3n) is 4.76. The molecule has 0 aliphatic rings. The summed E-state index contributed by atoms with van der Waals surface area (Å²) < 4.78 is 0. The first kappa shape index (κ1) is 21.0. The van der Waals surface area contributed by atoms with Crippen molar-refractivity contribution in [2.75, 3.05) is 0 Å². The van der Waals surface area contributed by atoms with E-state index in [2.05, 4.69) is 10.3 Å². The molecule has 0 bridgehead atoms. The van der Waals surface area contributed by atoms with Gasteiger partial charge in [-0.2, -0.15) is 0 Å². The van der Waals surface area contributed by atoms with Gasteiger partial charge < -0.3 is 10.4 Å². The fourth-order valence-electron chi connectivity index (χ4n) is 3.20. The maximum atomic E-state index is 12.4. The van der Waals surface area contributed by atoms with Gasteiger partial charge in [-0.05, 0) is 24.1 Å². The predicted octanol–water partition coefficient (Wildman–Crippen LogP) is 4.91. The number of rotatable bonds is 8. The quantitative estimate of drug-likeness (QED) is 0.409. The van der Waals surface area contributed by atoms with Crippen LogP contribution >= 0.6 is 0 Å². The number of fused-ring (bicyclic) bond motifs is 1. The second-order valence-corrected chi connectivity index (χ2v) is 6.91. The molecule has 2 N–H and O–H groups in total. The molecule has 0 fully saturated rings. The number of aromatic nitrogens is 1. The summed E-state index contributed by atoms with van der Waals surface area (Å²) in [5.74, 6) is -0.377. The van der Waals surface area contributed by atoms with Crippen molar-refractivity contribution < 1.29 is 14.8 Å². The van der Waals surface area contributed by atoms with E-state index in [4.69, 9.17) is 0 Å². The molecular formula is C23H23N3O4. The summed E-state index contributed by atoms with van der Waals surface area (Å²) in [6, 6.07) is 13.1. The first-order valence-electron chi connectivity index (χ1n) is 9.79. The van der Waals surface area contributed by atoms with Crippen molar-refractivity contribution in [1.29, 1.82) is 0 Å². The summed E-state index contributed by atoms with van der Waals surface area (Å²) in [6.07, 6.45) is 6.91. The summed E-state index contributed by atoms with van der Waals surface area (Å²) >= 11 is 0. The largest absolute Gasteiger partial charge is 0.505 e. The number of hydrogen-bond donors (Lipinski definition) is 2. The normalized spacial score (nSPS) is 12.2. The number of pyridine rings is 1. The van der Waals surface area contributed by atoms with Gasteiger partial charge in [-0.1, -0.05) is 55.8 Å². The zero-order valence-electron chi connectivity index (χ0n) is 16.6. The predicted molar refractivity (Wildman–Crippen MR) is 116 cm³/mol. The lowest BCUT2D eigenvalue weighted by atomic mass is 9.99. The number of aromatic hydroxyl groups is 1. The van der Waals surface area contributed by atoms with E-state index in [1.54, 1.807) is 24.3 Å². The van der Waals surface area contributed by atoms with E-state index in [0.717, 1.165) is 18.4 Å². The highest BCUT2D eigenvalue weighted by Crippen LogP contribution is 2.38. The molecule has 0 aliphatic heterocycles. The van der Waals surface area contributed by atoms with Crippen molar-refractivity contribution >= 4 is 28.6 Å². The molecular weight excluding hydrogens is 382 g/mol. The number of unbranched alkanes of at least 4 members (excludes halogenated alkanes) is 1. The number of carbonyl (C=O) groups excluding carboxylic acids is 1. The molecule has 1 amide bonds. The monoisotopic (exact) mass is 405 g/mol. The number of benzene rings is 2. The van der Waals surface area contributed by atoms with Crippen LogP contribution in [0.25, 0.3) is 17.0 Å². The molecule has 1 heterocycles. The number of nitro groups is 1. The van der Waals surface area contributed by atoms with E-state index in [1.807, 2.05) is 37.3 Å². The fourth-order valence-corrected chi connectivity index (χ4v) is 3.20. The molecule has 0 aliphatic carbocycles. The number of nitrogens with zero attached hydrogens (tertiary/aromatic N) is 2. The Balaban J connectivity index is 2.08. The first-order valence-corrected chi connectivity index (χ1v) is 9.79. The van der Waals surface area contributed by atoms with Crippen LogP contribution < -0.4 is 5.32 Å². The van der Waals surface area contributed by atoms with Gasteiger partial charge in [0.1, 0.15) is 11.3 Å². The van der Waals surface area contributed by atoms with Crippen molar-refractivity contribution in [2.24, 2.45) is 0 Å². The van der Waals surface area contributed by atoms with Gasteiger partial charge in [0.15, 0.2) is 0 Å². The van der Waals surface area contributed by atoms with E-state index >= 15 is 0 Å². The first-order chi connectivity index (χ1) is 14.5. The average molecular weight is 405 g/mol. The van der Waals surface area contributed by atoms with Crippen LogP contribution in [0.2, 0.25) is 0 Å². The Hall–Kier alpha value is -3.74. The molecule has 1 atom stereocenters. The summed E-state index contributed by atoms with van der Waals surface area (Å²) in [4.78, 5) is 27.7. The van der Waals surface area contributed by atoms with Crippen LogP contribution in [0, 0.1) is 10.1 Å². The number of hydrogen-bond acceptors (Lipinski definition) is 5. The van der Waals surface area contributed by atoms with E-state index in [0.29, 0.717) is 6.42 Å². The molecule has 1 unspecified atom stereocenters. The minimum absolute atomic E-state index is 0.127. The second-order valence-electron chi connectivity index (χ2n) is 6.91. The Bertz CT molecular complexity index is 1080. The van der Waals surface area contributed by atoms with Crippen LogP contribution in [0.1, 0.15) is 43.4 Å². The Morgan fingerprint density at radius 3 is 2.73 bits per heavy atom. The van der Waals surface area contributed by atoms with E-state index < -0.39 is 11.0 Å². The van der Waals surface area contributed by atoms with Crippen LogP contribution in [0.5, 0.6) is 5.75 Å². The van der Waals surface area contributed by atoms with Crippen molar-refractivity contribution in [3.63, 3.8) is 0 Å². The zero-order valence-corrected chi connectivity index (χ0v) is 16.6. The van der Waals surface area contributed by atoms with E-state index in [1.165, 1.54) is 12.3 Å². The van der Waals surface area contributed by atoms with Gasteiger partial charge in [-0.15, -0.1) is 0 Å². The van der Waals surface area contributed by atoms with Gasteiger partial charge in [-0.25, -0.2) is 0 Å². The molecule has 154 valence electrons. The van der Waals surface area contributed by atoms with Crippen LogP contribution in [0.4, 0.5) is 5.69 Å². The second kappa shape index (κ2) is 9.65. The Morgan fingerprint density at radius 1 is 1.27 bits per heavy atom. The summed E-state index contributed by atoms with van der Waals surface area (Å²) in [5.41, 5.74) is 1.08. The fraction of sp³-hybridized carbons (Fsp3) is 0.217. The molecule has 1 aromatic heterocycles. The van der Waals surface area contributed by atoms with Gasteiger partial charge in [0, 0.05) is 24.2 Å². The zero-order chi connectivity index (χ0) is 21.5. The third-order valence-corrected chi connectivity index (χ3v) is 4.76. The Kier molecular flexibility index (Phi) is 6.75. The molecule has 0 spiro atoms. The number of non-ortho nitro benzene ring substituents is 1. The summed E-state index contributed by atoms with van der Waals surface area (Å²) in [5, 5.41) is 25.6. The van der Waals surface area contributed by atoms with Gasteiger partial charge >= 0.3 is 0 Å². The number of nitrogens with one attached hydrogen (secondary N) is 1. The van der Waals surface area contributed by atoms with Crippen molar-refractivity contribution in [3.8, 4) is 5.75 Å². The highest BCUT2D eigenvalue weighted by atomic mass is 16.6. The summed E-state index contributed by atoms with van der Waals surface area (Å²) in [6.45, 7) is 1.99. The SMILES string of the molecule is CCCCC(=O)NC(/C=C/c1ccccc1)c1cc([N+](=O)[O-])c2cccnc2c1O. The van der Waals surface area contributed by atoms with E-state index in [-0.39, 0.29) is 33.8 Å². The molecule has 3 rings (SSSR count). The summed E-state index contributed by atoms with van der Waals surface area (Å²) in [7, 11) is 0. The van der Waals surface area contributed by atoms with Crippen LogP contribution in [0.15, 0.2) is 60.8 Å². The number of carbonyl (C=O) groups is 1. The maximum Gasteiger partial charge on any atom is 0.279 e. The molecule has 7 nitrogen and oxygen atoms in total. The molecule has 2 aromatic carbocycles. The lowest BCUT2D eigenvalue weighted by Gasteiger charge is -2.18. The Labute approximate surface area is 174 Å². The smallest absolute Gasteiger partial charge is 0.279 e. The van der Waals surface area contributed by atoms with Gasteiger partial charge in [0.05, 0.1) is 16.4 Å². The van der Waals surface area contributed by atoms with Crippen LogP contribution in [-0.2, 0) is 4.79 Å². The minimum atomic E-state index is -0.750. The highest BCUT2D eigenvalue weighted by molar-refractivity contribution is 5.93. The lowest BCUT2D eigenvalue weighted by molar-refractivity contribution is -0.383. The average Bonchev–Trinajstić information content (AvgIpc) is 2.76. The molecule has 7 heteroatoms. The van der Waals surface area contributed by atoms with Crippen molar-refractivity contribution in [2.45, 2.75) is 32.2 Å². The molecule has 0 saturated heterocycles. The third kappa shape index (κ3) is 4.81. The molecule has 30 heavy (non-hydrogen) atoms. The maximum absolute atomic E-state index is 12.4. The van der Waals surface area contributed by atoms with Crippen molar-refractivity contribution in [1.82, 2.24) is 10.3 Å².